The van der Waals surface area contributed by atoms with Gasteiger partial charge in [-0.3, -0.25) is 14.6 Å². The van der Waals surface area contributed by atoms with Crippen LogP contribution in [0.1, 0.15) is 13.8 Å². The Labute approximate surface area is 138 Å². The van der Waals surface area contributed by atoms with E-state index >= 15 is 0 Å². The standard InChI is InChI=1S/C15H19N5O2S/c1-9(2)13(16)14(22)18-7-12(21)20-15-19-11(8-23-15)10-5-3-4-6-17-10/h3-6,8-9,13H,7,16H2,1-2H3,(H,18,22)(H,19,20,21)/t13-/m0/s1. The van der Waals surface area contributed by atoms with Crippen LogP contribution in [0.15, 0.2) is 29.8 Å². The van der Waals surface area contributed by atoms with Gasteiger partial charge >= 0.3 is 0 Å². The van der Waals surface area contributed by atoms with Crippen molar-refractivity contribution in [2.24, 2.45) is 11.7 Å². The van der Waals surface area contributed by atoms with Gasteiger partial charge in [-0.2, -0.15) is 0 Å². The second-order valence-corrected chi connectivity index (χ2v) is 6.15. The van der Waals surface area contributed by atoms with Gasteiger partial charge in [0.25, 0.3) is 0 Å². The number of rotatable bonds is 6. The highest BCUT2D eigenvalue weighted by atomic mass is 32.1. The minimum Gasteiger partial charge on any atom is -0.346 e. The van der Waals surface area contributed by atoms with Gasteiger partial charge in [-0.15, -0.1) is 11.3 Å². The minimum atomic E-state index is -0.626. The Balaban J connectivity index is 1.87. The number of hydrogen-bond acceptors (Lipinski definition) is 6. The fourth-order valence-electron chi connectivity index (χ4n) is 1.71. The van der Waals surface area contributed by atoms with Gasteiger partial charge in [0.2, 0.25) is 11.8 Å². The van der Waals surface area contributed by atoms with E-state index in [2.05, 4.69) is 20.6 Å². The molecule has 0 fully saturated rings. The molecule has 7 nitrogen and oxygen atoms in total. The van der Waals surface area contributed by atoms with Crippen LogP contribution >= 0.6 is 11.3 Å². The maximum absolute atomic E-state index is 11.8. The molecule has 0 spiro atoms. The summed E-state index contributed by atoms with van der Waals surface area (Å²) in [4.78, 5) is 32.0. The summed E-state index contributed by atoms with van der Waals surface area (Å²) in [5.74, 6) is -0.683. The molecule has 0 aromatic carbocycles. The van der Waals surface area contributed by atoms with Gasteiger partial charge in [0.15, 0.2) is 5.13 Å². The Morgan fingerprint density at radius 2 is 2.09 bits per heavy atom. The van der Waals surface area contributed by atoms with Crippen LogP contribution in [-0.4, -0.2) is 34.4 Å². The van der Waals surface area contributed by atoms with Crippen molar-refractivity contribution < 1.29 is 9.59 Å². The monoisotopic (exact) mass is 333 g/mol. The summed E-state index contributed by atoms with van der Waals surface area (Å²) in [5, 5.41) is 7.42. The zero-order valence-electron chi connectivity index (χ0n) is 12.9. The maximum atomic E-state index is 11.8. The summed E-state index contributed by atoms with van der Waals surface area (Å²) in [6, 6.07) is 4.91. The van der Waals surface area contributed by atoms with Crippen LogP contribution in [0.25, 0.3) is 11.4 Å². The minimum absolute atomic E-state index is 0.0120. The third-order valence-corrected chi connectivity index (χ3v) is 3.88. The van der Waals surface area contributed by atoms with Gasteiger partial charge in [0, 0.05) is 11.6 Å². The number of amides is 2. The van der Waals surface area contributed by atoms with Gasteiger partial charge < -0.3 is 16.4 Å². The molecule has 1 atom stereocenters. The molecule has 2 aromatic heterocycles. The van der Waals surface area contributed by atoms with Gasteiger partial charge in [-0.05, 0) is 18.1 Å². The number of carbonyl (C=O) groups excluding carboxylic acids is 2. The van der Waals surface area contributed by atoms with E-state index in [9.17, 15) is 9.59 Å². The third kappa shape index (κ3) is 4.83. The smallest absolute Gasteiger partial charge is 0.245 e. The summed E-state index contributed by atoms with van der Waals surface area (Å²) in [7, 11) is 0. The lowest BCUT2D eigenvalue weighted by atomic mass is 10.1. The number of pyridine rings is 1. The molecule has 0 aliphatic rings. The van der Waals surface area contributed by atoms with Crippen molar-refractivity contribution >= 4 is 28.3 Å². The topological polar surface area (TPSA) is 110 Å². The summed E-state index contributed by atoms with van der Waals surface area (Å²) in [6.45, 7) is 3.55. The van der Waals surface area contributed by atoms with E-state index < -0.39 is 6.04 Å². The van der Waals surface area contributed by atoms with Crippen LogP contribution in [0, 0.1) is 5.92 Å². The molecule has 2 heterocycles. The molecule has 8 heteroatoms. The molecule has 0 saturated heterocycles. The number of aromatic nitrogens is 2. The van der Waals surface area contributed by atoms with Gasteiger partial charge in [0.05, 0.1) is 18.3 Å². The van der Waals surface area contributed by atoms with Crippen molar-refractivity contribution in [3.05, 3.63) is 29.8 Å². The predicted molar refractivity (Wildman–Crippen MR) is 89.8 cm³/mol. The lowest BCUT2D eigenvalue weighted by Crippen LogP contribution is -2.46. The zero-order valence-corrected chi connectivity index (χ0v) is 13.8. The summed E-state index contributed by atoms with van der Waals surface area (Å²) in [5.41, 5.74) is 7.13. The van der Waals surface area contributed by atoms with E-state index in [4.69, 9.17) is 5.73 Å². The van der Waals surface area contributed by atoms with E-state index in [1.54, 1.807) is 6.20 Å². The molecule has 2 rings (SSSR count). The number of nitrogens with zero attached hydrogens (tertiary/aromatic N) is 2. The molecule has 0 bridgehead atoms. The van der Waals surface area contributed by atoms with Crippen molar-refractivity contribution in [2.75, 3.05) is 11.9 Å². The van der Waals surface area contributed by atoms with Crippen LogP contribution in [0.3, 0.4) is 0 Å². The van der Waals surface area contributed by atoms with Gasteiger partial charge in [-0.1, -0.05) is 19.9 Å². The second-order valence-electron chi connectivity index (χ2n) is 5.29. The van der Waals surface area contributed by atoms with E-state index in [0.717, 1.165) is 5.69 Å². The van der Waals surface area contributed by atoms with Crippen molar-refractivity contribution in [2.45, 2.75) is 19.9 Å². The highest BCUT2D eigenvalue weighted by molar-refractivity contribution is 7.14. The Morgan fingerprint density at radius 3 is 2.74 bits per heavy atom. The Hall–Kier alpha value is -2.32. The Bertz CT molecular complexity index is 672. The van der Waals surface area contributed by atoms with E-state index in [-0.39, 0.29) is 24.3 Å². The number of anilines is 1. The summed E-state index contributed by atoms with van der Waals surface area (Å²) < 4.78 is 0. The van der Waals surface area contributed by atoms with Crippen molar-refractivity contribution in [3.63, 3.8) is 0 Å². The molecule has 122 valence electrons. The summed E-state index contributed by atoms with van der Waals surface area (Å²) >= 11 is 1.30. The van der Waals surface area contributed by atoms with E-state index in [0.29, 0.717) is 10.8 Å². The fraction of sp³-hybridized carbons (Fsp3) is 0.333. The third-order valence-electron chi connectivity index (χ3n) is 3.12. The second kappa shape index (κ2) is 7.80. The molecular formula is C15H19N5O2S. The van der Waals surface area contributed by atoms with Crippen LogP contribution in [0.2, 0.25) is 0 Å². The molecule has 2 amide bonds. The first-order chi connectivity index (χ1) is 11.0. The average molecular weight is 333 g/mol. The van der Waals surface area contributed by atoms with Crippen LogP contribution in [0.5, 0.6) is 0 Å². The molecule has 0 unspecified atom stereocenters. The zero-order chi connectivity index (χ0) is 16.8. The lowest BCUT2D eigenvalue weighted by molar-refractivity contribution is -0.125. The highest BCUT2D eigenvalue weighted by Crippen LogP contribution is 2.22. The van der Waals surface area contributed by atoms with Crippen molar-refractivity contribution in [1.29, 1.82) is 0 Å². The first-order valence-electron chi connectivity index (χ1n) is 7.17. The summed E-state index contributed by atoms with van der Waals surface area (Å²) in [6.07, 6.45) is 1.68. The molecule has 23 heavy (non-hydrogen) atoms. The Kier molecular flexibility index (Phi) is 5.78. The van der Waals surface area contributed by atoms with Gasteiger partial charge in [-0.25, -0.2) is 4.98 Å². The van der Waals surface area contributed by atoms with Crippen LogP contribution in [-0.2, 0) is 9.59 Å². The first kappa shape index (κ1) is 17.0. The first-order valence-corrected chi connectivity index (χ1v) is 8.05. The lowest BCUT2D eigenvalue weighted by Gasteiger charge is -2.14. The largest absolute Gasteiger partial charge is 0.346 e. The quantitative estimate of drug-likeness (QED) is 0.737. The molecular weight excluding hydrogens is 314 g/mol. The number of nitrogens with two attached hydrogens (primary N) is 1. The normalized spacial score (nSPS) is 12.0. The molecule has 4 N–H and O–H groups in total. The number of thiazole rings is 1. The highest BCUT2D eigenvalue weighted by Gasteiger charge is 2.18. The van der Waals surface area contributed by atoms with Crippen molar-refractivity contribution in [1.82, 2.24) is 15.3 Å². The maximum Gasteiger partial charge on any atom is 0.245 e. The van der Waals surface area contributed by atoms with E-state index in [1.165, 1.54) is 11.3 Å². The molecule has 2 aromatic rings. The Morgan fingerprint density at radius 1 is 1.30 bits per heavy atom. The van der Waals surface area contributed by atoms with Gasteiger partial charge in [0.1, 0.15) is 5.69 Å². The predicted octanol–water partition coefficient (Wildman–Crippen LogP) is 1.24. The molecule has 0 aliphatic heterocycles. The molecule has 0 radical (unpaired) electrons. The number of carbonyl (C=O) groups is 2. The number of nitrogens with one attached hydrogen (secondary N) is 2. The number of hydrogen-bond donors (Lipinski definition) is 3. The average Bonchev–Trinajstić information content (AvgIpc) is 3.01. The van der Waals surface area contributed by atoms with Crippen molar-refractivity contribution in [3.8, 4) is 11.4 Å². The fourth-order valence-corrected chi connectivity index (χ4v) is 2.44. The molecule has 0 aliphatic carbocycles. The molecule has 0 saturated carbocycles. The van der Waals surface area contributed by atoms with Crippen LogP contribution < -0.4 is 16.4 Å². The van der Waals surface area contributed by atoms with E-state index in [1.807, 2.05) is 37.4 Å². The SMILES string of the molecule is CC(C)[C@H](N)C(=O)NCC(=O)Nc1nc(-c2ccccn2)cs1. The van der Waals surface area contributed by atoms with Crippen LogP contribution in [0.4, 0.5) is 5.13 Å².